The van der Waals surface area contributed by atoms with Crippen molar-refractivity contribution >= 4 is 10.9 Å². The molecule has 5 heteroatoms. The van der Waals surface area contributed by atoms with E-state index in [1.165, 1.54) is 0 Å². The third kappa shape index (κ3) is 3.37. The monoisotopic (exact) mass is 290 g/mol. The Kier molecular flexibility index (Phi) is 4.43. The number of fused-ring (bicyclic) bond motifs is 1. The fraction of sp³-hybridized carbons (Fsp3) is 0.500. The number of nitrogens with one attached hydrogen (secondary N) is 1. The van der Waals surface area contributed by atoms with Crippen LogP contribution in [0.4, 0.5) is 0 Å². The van der Waals surface area contributed by atoms with Crippen LogP contribution in [-0.2, 0) is 4.74 Å². The number of morpholine rings is 1. The quantitative estimate of drug-likeness (QED) is 0.879. The first-order valence-corrected chi connectivity index (χ1v) is 7.43. The SMILES string of the molecule is CC1COCCN1CC(O)COc1cccc2[nH]ccc12. The lowest BCUT2D eigenvalue weighted by Crippen LogP contribution is -2.47. The van der Waals surface area contributed by atoms with Crippen molar-refractivity contribution in [2.45, 2.75) is 19.1 Å². The highest BCUT2D eigenvalue weighted by Crippen LogP contribution is 2.24. The molecule has 114 valence electrons. The highest BCUT2D eigenvalue weighted by molar-refractivity contribution is 5.85. The average Bonchev–Trinajstić information content (AvgIpc) is 2.96. The molecule has 2 heterocycles. The minimum absolute atomic E-state index is 0.300. The lowest BCUT2D eigenvalue weighted by molar-refractivity contribution is -0.0264. The molecular weight excluding hydrogens is 268 g/mol. The molecule has 2 atom stereocenters. The first kappa shape index (κ1) is 14.4. The van der Waals surface area contributed by atoms with Gasteiger partial charge in [0.25, 0.3) is 0 Å². The number of aliphatic hydroxyl groups excluding tert-OH is 1. The molecule has 21 heavy (non-hydrogen) atoms. The average molecular weight is 290 g/mol. The molecule has 1 aliphatic rings. The van der Waals surface area contributed by atoms with Crippen molar-refractivity contribution in [2.24, 2.45) is 0 Å². The predicted molar refractivity (Wildman–Crippen MR) is 81.7 cm³/mol. The van der Waals surface area contributed by atoms with Crippen LogP contribution in [0.1, 0.15) is 6.92 Å². The molecule has 0 amide bonds. The molecule has 0 bridgehead atoms. The summed E-state index contributed by atoms with van der Waals surface area (Å²) in [5.74, 6) is 0.808. The van der Waals surface area contributed by atoms with Crippen molar-refractivity contribution < 1.29 is 14.6 Å². The van der Waals surface area contributed by atoms with Gasteiger partial charge in [0.05, 0.1) is 13.2 Å². The molecule has 1 saturated heterocycles. The van der Waals surface area contributed by atoms with Crippen LogP contribution in [0.15, 0.2) is 30.5 Å². The summed E-state index contributed by atoms with van der Waals surface area (Å²) in [7, 11) is 0. The van der Waals surface area contributed by atoms with Crippen LogP contribution in [0.3, 0.4) is 0 Å². The standard InChI is InChI=1S/C16H22N2O3/c1-12-10-20-8-7-18(12)9-13(19)11-21-16-4-2-3-15-14(16)5-6-17-15/h2-6,12-13,17,19H,7-11H2,1H3. The Labute approximate surface area is 124 Å². The lowest BCUT2D eigenvalue weighted by Gasteiger charge is -2.34. The van der Waals surface area contributed by atoms with Gasteiger partial charge in [-0.1, -0.05) is 6.07 Å². The van der Waals surface area contributed by atoms with Crippen LogP contribution in [0.5, 0.6) is 5.75 Å². The molecule has 3 rings (SSSR count). The Hall–Kier alpha value is -1.56. The van der Waals surface area contributed by atoms with Gasteiger partial charge in [-0.2, -0.15) is 0 Å². The zero-order chi connectivity index (χ0) is 14.7. The number of H-pyrrole nitrogens is 1. The number of β-amino-alcohol motifs (C(OH)–C–C–N with tert-alkyl or cyclic N) is 1. The van der Waals surface area contributed by atoms with Crippen molar-refractivity contribution in [3.63, 3.8) is 0 Å². The molecule has 0 saturated carbocycles. The second-order valence-corrected chi connectivity index (χ2v) is 5.58. The van der Waals surface area contributed by atoms with Crippen LogP contribution < -0.4 is 4.74 Å². The Morgan fingerprint density at radius 3 is 3.24 bits per heavy atom. The Morgan fingerprint density at radius 2 is 2.38 bits per heavy atom. The normalized spacial score (nSPS) is 21.5. The van der Waals surface area contributed by atoms with E-state index in [4.69, 9.17) is 9.47 Å². The van der Waals surface area contributed by atoms with Crippen molar-refractivity contribution in [2.75, 3.05) is 32.9 Å². The van der Waals surface area contributed by atoms with Gasteiger partial charge in [0.1, 0.15) is 18.5 Å². The first-order chi connectivity index (χ1) is 10.2. The van der Waals surface area contributed by atoms with E-state index in [1.807, 2.05) is 30.5 Å². The maximum atomic E-state index is 10.2. The summed E-state index contributed by atoms with van der Waals surface area (Å²) in [5.41, 5.74) is 1.05. The zero-order valence-corrected chi connectivity index (χ0v) is 12.3. The smallest absolute Gasteiger partial charge is 0.128 e. The van der Waals surface area contributed by atoms with Gasteiger partial charge < -0.3 is 19.6 Å². The number of ether oxygens (including phenoxy) is 2. The minimum Gasteiger partial charge on any atom is -0.490 e. The van der Waals surface area contributed by atoms with E-state index < -0.39 is 6.10 Å². The number of nitrogens with zero attached hydrogens (tertiary/aromatic N) is 1. The fourth-order valence-electron chi connectivity index (χ4n) is 2.72. The summed E-state index contributed by atoms with van der Waals surface area (Å²) in [6.07, 6.45) is 1.39. The third-order valence-corrected chi connectivity index (χ3v) is 3.94. The van der Waals surface area contributed by atoms with Crippen LogP contribution >= 0.6 is 0 Å². The largest absolute Gasteiger partial charge is 0.490 e. The Balaban J connectivity index is 1.56. The number of aliphatic hydroxyl groups is 1. The molecule has 0 radical (unpaired) electrons. The fourth-order valence-corrected chi connectivity index (χ4v) is 2.72. The van der Waals surface area contributed by atoms with Gasteiger partial charge in [0, 0.05) is 36.2 Å². The van der Waals surface area contributed by atoms with Crippen LogP contribution in [-0.4, -0.2) is 60.0 Å². The summed E-state index contributed by atoms with van der Waals surface area (Å²) in [4.78, 5) is 5.40. The second kappa shape index (κ2) is 6.47. The third-order valence-electron chi connectivity index (χ3n) is 3.94. The summed E-state index contributed by atoms with van der Waals surface area (Å²) < 4.78 is 11.2. The molecule has 0 aliphatic carbocycles. The molecule has 1 aromatic carbocycles. The lowest BCUT2D eigenvalue weighted by atomic mass is 10.2. The van der Waals surface area contributed by atoms with Gasteiger partial charge >= 0.3 is 0 Å². The van der Waals surface area contributed by atoms with E-state index in [2.05, 4.69) is 16.8 Å². The van der Waals surface area contributed by atoms with E-state index in [0.29, 0.717) is 19.2 Å². The van der Waals surface area contributed by atoms with Crippen LogP contribution in [0, 0.1) is 0 Å². The molecule has 2 unspecified atom stereocenters. The number of aromatic nitrogens is 1. The van der Waals surface area contributed by atoms with Crippen molar-refractivity contribution in [3.05, 3.63) is 30.5 Å². The molecule has 1 aliphatic heterocycles. The minimum atomic E-state index is -0.500. The van der Waals surface area contributed by atoms with E-state index in [9.17, 15) is 5.11 Å². The number of aromatic amines is 1. The Bertz CT molecular complexity index is 584. The van der Waals surface area contributed by atoms with E-state index in [-0.39, 0.29) is 0 Å². The van der Waals surface area contributed by atoms with Crippen molar-refractivity contribution in [3.8, 4) is 5.75 Å². The summed E-state index contributed by atoms with van der Waals surface area (Å²) >= 11 is 0. The first-order valence-electron chi connectivity index (χ1n) is 7.43. The van der Waals surface area contributed by atoms with Gasteiger partial charge in [-0.15, -0.1) is 0 Å². The zero-order valence-electron chi connectivity index (χ0n) is 12.3. The number of hydrogen-bond donors (Lipinski definition) is 2. The van der Waals surface area contributed by atoms with Crippen molar-refractivity contribution in [1.82, 2.24) is 9.88 Å². The highest BCUT2D eigenvalue weighted by atomic mass is 16.5. The van der Waals surface area contributed by atoms with Crippen LogP contribution in [0.25, 0.3) is 10.9 Å². The maximum Gasteiger partial charge on any atom is 0.128 e. The summed E-state index contributed by atoms with van der Waals surface area (Å²) in [6, 6.07) is 8.22. The number of hydrogen-bond acceptors (Lipinski definition) is 4. The van der Waals surface area contributed by atoms with Gasteiger partial charge in [-0.3, -0.25) is 4.90 Å². The molecule has 1 aromatic heterocycles. The topological polar surface area (TPSA) is 57.7 Å². The number of rotatable bonds is 5. The Morgan fingerprint density at radius 1 is 1.48 bits per heavy atom. The van der Waals surface area contributed by atoms with Crippen molar-refractivity contribution in [1.29, 1.82) is 0 Å². The van der Waals surface area contributed by atoms with E-state index in [0.717, 1.165) is 36.4 Å². The number of benzene rings is 1. The highest BCUT2D eigenvalue weighted by Gasteiger charge is 2.21. The van der Waals surface area contributed by atoms with Gasteiger partial charge in [0.2, 0.25) is 0 Å². The van der Waals surface area contributed by atoms with Gasteiger partial charge in [-0.05, 0) is 25.1 Å². The molecular formula is C16H22N2O3. The summed E-state index contributed by atoms with van der Waals surface area (Å²) in [5, 5.41) is 11.2. The molecule has 1 fully saturated rings. The van der Waals surface area contributed by atoms with E-state index >= 15 is 0 Å². The molecule has 2 N–H and O–H groups in total. The van der Waals surface area contributed by atoms with Crippen LogP contribution in [0.2, 0.25) is 0 Å². The van der Waals surface area contributed by atoms with Gasteiger partial charge in [0.15, 0.2) is 0 Å². The van der Waals surface area contributed by atoms with Gasteiger partial charge in [-0.25, -0.2) is 0 Å². The molecule has 0 spiro atoms. The summed E-state index contributed by atoms with van der Waals surface area (Å²) in [6.45, 7) is 5.37. The predicted octanol–water partition coefficient (Wildman–Crippen LogP) is 1.63. The van der Waals surface area contributed by atoms with E-state index in [1.54, 1.807) is 0 Å². The molecule has 5 nitrogen and oxygen atoms in total. The maximum absolute atomic E-state index is 10.2. The molecule has 2 aromatic rings. The second-order valence-electron chi connectivity index (χ2n) is 5.58.